The number of hydrazine groups is 1. The van der Waals surface area contributed by atoms with Crippen LogP contribution in [0, 0.1) is 0 Å². The summed E-state index contributed by atoms with van der Waals surface area (Å²) in [5, 5.41) is 0. The summed E-state index contributed by atoms with van der Waals surface area (Å²) in [5.41, 5.74) is 6.58. The molecule has 130 valence electrons. The smallest absolute Gasteiger partial charge is 0.276 e. The van der Waals surface area contributed by atoms with E-state index in [9.17, 15) is 9.59 Å². The van der Waals surface area contributed by atoms with Crippen LogP contribution in [0.2, 0.25) is 0 Å². The van der Waals surface area contributed by atoms with E-state index in [0.717, 1.165) is 11.1 Å². The van der Waals surface area contributed by atoms with Gasteiger partial charge in [-0.15, -0.1) is 0 Å². The first-order valence-corrected chi connectivity index (χ1v) is 8.10. The fourth-order valence-corrected chi connectivity index (χ4v) is 2.18. The van der Waals surface area contributed by atoms with Gasteiger partial charge in [-0.25, -0.2) is 0 Å². The first-order valence-electron chi connectivity index (χ1n) is 8.10. The van der Waals surface area contributed by atoms with Crippen molar-refractivity contribution in [2.24, 2.45) is 0 Å². The second-order valence-corrected chi connectivity index (χ2v) is 5.76. The zero-order valence-corrected chi connectivity index (χ0v) is 14.4. The highest BCUT2D eigenvalue weighted by Crippen LogP contribution is 2.25. The minimum absolute atomic E-state index is 0.174. The molecule has 2 aromatic rings. The Morgan fingerprint density at radius 3 is 2.40 bits per heavy atom. The lowest BCUT2D eigenvalue weighted by molar-refractivity contribution is -0.128. The number of hydrogen-bond donors (Lipinski definition) is 2. The molecule has 25 heavy (non-hydrogen) atoms. The Hall–Kier alpha value is -3.08. The Kier molecular flexibility index (Phi) is 6.77. The molecule has 2 amide bonds. The van der Waals surface area contributed by atoms with Crippen molar-refractivity contribution in [2.45, 2.75) is 19.8 Å². The highest BCUT2D eigenvalue weighted by Gasteiger charge is 2.09. The summed E-state index contributed by atoms with van der Waals surface area (Å²) >= 11 is 0. The number of benzene rings is 2. The molecule has 2 N–H and O–H groups in total. The van der Waals surface area contributed by atoms with E-state index in [4.69, 9.17) is 4.74 Å². The lowest BCUT2D eigenvalue weighted by Gasteiger charge is -2.13. The molecule has 0 spiro atoms. The van der Waals surface area contributed by atoms with E-state index in [1.54, 1.807) is 6.08 Å². The largest absolute Gasteiger partial charge is 0.483 e. The Balaban J connectivity index is 1.77. The van der Waals surface area contributed by atoms with Crippen molar-refractivity contribution in [1.29, 1.82) is 0 Å². The van der Waals surface area contributed by atoms with E-state index in [1.165, 1.54) is 6.08 Å². The maximum atomic E-state index is 11.8. The normalized spacial score (nSPS) is 10.7. The van der Waals surface area contributed by atoms with Crippen molar-refractivity contribution in [3.05, 3.63) is 71.8 Å². The lowest BCUT2D eigenvalue weighted by Crippen LogP contribution is -2.43. The third-order valence-electron chi connectivity index (χ3n) is 3.45. The van der Waals surface area contributed by atoms with Gasteiger partial charge in [-0.3, -0.25) is 20.4 Å². The van der Waals surface area contributed by atoms with Crippen LogP contribution >= 0.6 is 0 Å². The van der Waals surface area contributed by atoms with Crippen molar-refractivity contribution < 1.29 is 14.3 Å². The molecule has 0 fully saturated rings. The van der Waals surface area contributed by atoms with Gasteiger partial charge in [-0.05, 0) is 29.2 Å². The molecule has 0 bridgehead atoms. The van der Waals surface area contributed by atoms with Crippen molar-refractivity contribution in [2.75, 3.05) is 6.61 Å². The Labute approximate surface area is 147 Å². The first kappa shape index (κ1) is 18.3. The van der Waals surface area contributed by atoms with Gasteiger partial charge in [0.05, 0.1) is 0 Å². The highest BCUT2D eigenvalue weighted by molar-refractivity contribution is 5.93. The second kappa shape index (κ2) is 9.27. The average Bonchev–Trinajstić information content (AvgIpc) is 2.64. The van der Waals surface area contributed by atoms with E-state index in [-0.39, 0.29) is 6.61 Å². The van der Waals surface area contributed by atoms with Gasteiger partial charge in [0.1, 0.15) is 5.75 Å². The maximum absolute atomic E-state index is 11.8. The standard InChI is InChI=1S/C20H22N2O3/c1-15(2)17-10-6-7-11-18(17)25-14-20(24)22-21-19(23)13-12-16-8-4-3-5-9-16/h3-13,15H,14H2,1-2H3,(H,21,23)(H,22,24)/b13-12+. The van der Waals surface area contributed by atoms with E-state index in [2.05, 4.69) is 24.7 Å². The number of carbonyl (C=O) groups is 2. The zero-order valence-electron chi connectivity index (χ0n) is 14.4. The molecule has 2 rings (SSSR count). The summed E-state index contributed by atoms with van der Waals surface area (Å²) in [5.74, 6) is 0.116. The molecule has 0 radical (unpaired) electrons. The zero-order chi connectivity index (χ0) is 18.1. The second-order valence-electron chi connectivity index (χ2n) is 5.76. The summed E-state index contributed by atoms with van der Waals surface area (Å²) in [6.45, 7) is 3.94. The molecule has 5 nitrogen and oxygen atoms in total. The van der Waals surface area contributed by atoms with Crippen LogP contribution < -0.4 is 15.6 Å². The maximum Gasteiger partial charge on any atom is 0.276 e. The third kappa shape index (κ3) is 6.14. The third-order valence-corrected chi connectivity index (χ3v) is 3.45. The SMILES string of the molecule is CC(C)c1ccccc1OCC(=O)NNC(=O)/C=C/c1ccccc1. The van der Waals surface area contributed by atoms with Crippen LogP contribution in [0.15, 0.2) is 60.7 Å². The Bertz CT molecular complexity index is 740. The van der Waals surface area contributed by atoms with E-state index < -0.39 is 11.8 Å². The fourth-order valence-electron chi connectivity index (χ4n) is 2.18. The summed E-state index contributed by atoms with van der Waals surface area (Å²) in [4.78, 5) is 23.5. The number of nitrogens with one attached hydrogen (secondary N) is 2. The van der Waals surface area contributed by atoms with Crippen LogP contribution in [0.3, 0.4) is 0 Å². The molecule has 2 aromatic carbocycles. The van der Waals surface area contributed by atoms with Gasteiger partial charge in [0, 0.05) is 6.08 Å². The van der Waals surface area contributed by atoms with Gasteiger partial charge in [0.2, 0.25) is 0 Å². The molecule has 0 atom stereocenters. The van der Waals surface area contributed by atoms with E-state index in [0.29, 0.717) is 11.7 Å². The average molecular weight is 338 g/mol. The van der Waals surface area contributed by atoms with Gasteiger partial charge in [-0.2, -0.15) is 0 Å². The summed E-state index contributed by atoms with van der Waals surface area (Å²) in [6, 6.07) is 17.0. The van der Waals surface area contributed by atoms with Gasteiger partial charge in [0.25, 0.3) is 11.8 Å². The van der Waals surface area contributed by atoms with Gasteiger partial charge in [-0.1, -0.05) is 62.4 Å². The van der Waals surface area contributed by atoms with Crippen molar-refractivity contribution in [3.63, 3.8) is 0 Å². The molecular weight excluding hydrogens is 316 g/mol. The van der Waals surface area contributed by atoms with Crippen molar-refractivity contribution in [1.82, 2.24) is 10.9 Å². The molecule has 0 aromatic heterocycles. The lowest BCUT2D eigenvalue weighted by atomic mass is 10.0. The molecule has 0 saturated heterocycles. The molecule has 0 heterocycles. The molecule has 0 unspecified atom stereocenters. The highest BCUT2D eigenvalue weighted by atomic mass is 16.5. The molecule has 5 heteroatoms. The quantitative estimate of drug-likeness (QED) is 0.628. The van der Waals surface area contributed by atoms with Crippen molar-refractivity contribution >= 4 is 17.9 Å². The minimum Gasteiger partial charge on any atom is -0.483 e. The summed E-state index contributed by atoms with van der Waals surface area (Å²) < 4.78 is 5.54. The van der Waals surface area contributed by atoms with Gasteiger partial charge >= 0.3 is 0 Å². The number of carbonyl (C=O) groups excluding carboxylic acids is 2. The Morgan fingerprint density at radius 1 is 1.00 bits per heavy atom. The van der Waals surface area contributed by atoms with Gasteiger partial charge < -0.3 is 4.74 Å². The van der Waals surface area contributed by atoms with Crippen LogP contribution in [-0.2, 0) is 9.59 Å². The van der Waals surface area contributed by atoms with Crippen molar-refractivity contribution in [3.8, 4) is 5.75 Å². The number of para-hydroxylation sites is 1. The van der Waals surface area contributed by atoms with E-state index >= 15 is 0 Å². The van der Waals surface area contributed by atoms with Crippen LogP contribution in [0.5, 0.6) is 5.75 Å². The first-order chi connectivity index (χ1) is 12.1. The van der Waals surface area contributed by atoms with Gasteiger partial charge in [0.15, 0.2) is 6.61 Å². The predicted molar refractivity (Wildman–Crippen MR) is 97.8 cm³/mol. The minimum atomic E-state index is -0.431. The number of ether oxygens (including phenoxy) is 1. The number of hydrogen-bond acceptors (Lipinski definition) is 3. The van der Waals surface area contributed by atoms with Crippen LogP contribution in [0.25, 0.3) is 6.08 Å². The summed E-state index contributed by atoms with van der Waals surface area (Å²) in [6.07, 6.45) is 3.02. The van der Waals surface area contributed by atoms with Crippen LogP contribution in [0.4, 0.5) is 0 Å². The molecular formula is C20H22N2O3. The summed E-state index contributed by atoms with van der Waals surface area (Å²) in [7, 11) is 0. The predicted octanol–water partition coefficient (Wildman–Crippen LogP) is 3.05. The van der Waals surface area contributed by atoms with E-state index in [1.807, 2.05) is 54.6 Å². The topological polar surface area (TPSA) is 67.4 Å². The monoisotopic (exact) mass is 338 g/mol. The molecule has 0 aliphatic heterocycles. The molecule has 0 aliphatic rings. The van der Waals surface area contributed by atoms with Crippen LogP contribution in [0.1, 0.15) is 30.9 Å². The fraction of sp³-hybridized carbons (Fsp3) is 0.200. The molecule has 0 saturated carbocycles. The Morgan fingerprint density at radius 2 is 1.68 bits per heavy atom. The number of rotatable bonds is 6. The number of amides is 2. The molecule has 0 aliphatic carbocycles. The van der Waals surface area contributed by atoms with Crippen LogP contribution in [-0.4, -0.2) is 18.4 Å².